The molecular weight excluding hydrogens is 1050 g/mol. The number of rotatable bonds is 41. The Bertz CT molecular complexity index is 2360. The summed E-state index contributed by atoms with van der Waals surface area (Å²) in [6.07, 6.45) is 15.7. The summed E-state index contributed by atoms with van der Waals surface area (Å²) in [6, 6.07) is 19.9. The van der Waals surface area contributed by atoms with Gasteiger partial charge in [-0.05, 0) is 59.9 Å². The number of nitrogens with one attached hydrogen (secondary N) is 2. The zero-order valence-electron chi connectivity index (χ0n) is 46.8. The topological polar surface area (TPSA) is 246 Å². The van der Waals surface area contributed by atoms with Crippen LogP contribution in [-0.2, 0) is 56.4 Å². The molecule has 0 fully saturated rings. The third kappa shape index (κ3) is 28.1. The molecule has 2 heterocycles. The van der Waals surface area contributed by atoms with E-state index in [1.165, 1.54) is 70.6 Å². The number of carbonyl (C=O) groups excluding carboxylic acids is 4. The molecule has 0 saturated carbocycles. The van der Waals surface area contributed by atoms with Crippen LogP contribution in [0.4, 0.5) is 10.5 Å². The molecule has 2 aliphatic rings. The monoisotopic (exact) mass is 1130 g/mol. The summed E-state index contributed by atoms with van der Waals surface area (Å²) in [6.45, 7) is 4.74. The molecule has 0 spiro atoms. The molecule has 432 valence electrons. The normalized spacial score (nSPS) is 14.4. The van der Waals surface area contributed by atoms with Gasteiger partial charge in [-0.3, -0.25) is 18.9 Å². The number of hydrogen-bond acceptors (Lipinski definition) is 18. The van der Waals surface area contributed by atoms with Gasteiger partial charge < -0.3 is 67.2 Å². The first-order chi connectivity index (χ1) is 37.9. The van der Waals surface area contributed by atoms with Gasteiger partial charge in [-0.15, -0.1) is 0 Å². The van der Waals surface area contributed by atoms with E-state index in [0.29, 0.717) is 24.5 Å². The summed E-state index contributed by atoms with van der Waals surface area (Å²) in [5.74, 6) is 0.458. The molecule has 0 saturated heterocycles. The molecule has 3 aromatic carbocycles. The molecule has 2 amide bonds. The van der Waals surface area contributed by atoms with Gasteiger partial charge >= 0.3 is 47.6 Å². The van der Waals surface area contributed by atoms with Gasteiger partial charge in [-0.25, -0.2) is 9.79 Å². The van der Waals surface area contributed by atoms with E-state index in [1.54, 1.807) is 0 Å². The van der Waals surface area contributed by atoms with Crippen molar-refractivity contribution in [2.75, 3.05) is 85.8 Å². The number of carbonyl (C=O) groups is 4. The van der Waals surface area contributed by atoms with E-state index in [4.69, 9.17) is 56.7 Å². The molecule has 0 aliphatic carbocycles. The van der Waals surface area contributed by atoms with Crippen LogP contribution in [0.2, 0.25) is 0 Å². The third-order valence-electron chi connectivity index (χ3n) is 12.4. The van der Waals surface area contributed by atoms with E-state index >= 15 is 0 Å². The van der Waals surface area contributed by atoms with Crippen molar-refractivity contribution in [2.45, 2.75) is 136 Å². The van der Waals surface area contributed by atoms with Crippen molar-refractivity contribution < 1.29 is 110 Å². The Balaban J connectivity index is 0.0000134. The molecule has 20 nitrogen and oxygen atoms in total. The Morgan fingerprint density at radius 2 is 1.29 bits per heavy atom. The van der Waals surface area contributed by atoms with E-state index in [0.717, 1.165) is 65.6 Å². The smallest absolute Gasteiger partial charge is 0.756 e. The van der Waals surface area contributed by atoms with Crippen LogP contribution < -0.4 is 59.3 Å². The molecule has 3 atom stereocenters. The summed E-state index contributed by atoms with van der Waals surface area (Å²) in [4.78, 5) is 65.1. The fourth-order valence-corrected chi connectivity index (χ4v) is 9.05. The quantitative estimate of drug-likeness (QED) is 0.0205. The van der Waals surface area contributed by atoms with Crippen molar-refractivity contribution in [3.63, 3.8) is 0 Å². The van der Waals surface area contributed by atoms with Crippen LogP contribution in [0.5, 0.6) is 17.2 Å². The number of amides is 2. The number of phosphoric acid groups is 1. The molecule has 79 heavy (non-hydrogen) atoms. The van der Waals surface area contributed by atoms with Crippen LogP contribution in [0.25, 0.3) is 11.1 Å². The van der Waals surface area contributed by atoms with Crippen LogP contribution in [0, 0.1) is 6.92 Å². The van der Waals surface area contributed by atoms with Crippen molar-refractivity contribution in [3.05, 3.63) is 71.8 Å². The number of alkyl carbamates (subject to hydrolysis) is 1. The maximum atomic E-state index is 12.3. The standard InChI is InChI=1S/C57H82N3O17P.Na/c1-4-5-6-7-8-9-10-11-12-13-14-15-16-17-18-19-55(63)72-38-48(75-44(3)61)39-74-78(65,66)73-31-29-59-57(64)70-35-34-68-41-54(62)58-28-30-67-32-33-69-42-56-76-52-27-25-47(37-53(52)77-56)45-21-23-46(24-22-45)50-40-71-51-26-20-43(2)36-49(51)60-50;/h20-27,36-37,48,56H,4-19,28-35,38-42H2,1-3H3,(H,58,62)(H,59,64)(H,65,66);/q;+1/p-1. The van der Waals surface area contributed by atoms with E-state index in [2.05, 4.69) is 17.6 Å². The van der Waals surface area contributed by atoms with Crippen LogP contribution in [-0.4, -0.2) is 128 Å². The number of aliphatic imine (C=N–C) groups is 1. The minimum atomic E-state index is -4.89. The maximum absolute atomic E-state index is 12.3. The minimum Gasteiger partial charge on any atom is -0.756 e. The van der Waals surface area contributed by atoms with Gasteiger partial charge in [-0.2, -0.15) is 0 Å². The van der Waals surface area contributed by atoms with E-state index in [1.807, 2.05) is 67.6 Å². The fourth-order valence-electron chi connectivity index (χ4n) is 8.31. The Hall–Kier alpha value is -4.60. The number of unbranched alkanes of at least 4 members (excludes halogenated alkanes) is 14. The minimum absolute atomic E-state index is 0. The number of fused-ring (bicyclic) bond motifs is 2. The molecule has 5 rings (SSSR count). The van der Waals surface area contributed by atoms with Gasteiger partial charge in [-0.1, -0.05) is 133 Å². The molecule has 3 unspecified atom stereocenters. The Morgan fingerprint density at radius 1 is 0.671 bits per heavy atom. The molecule has 3 aromatic rings. The second kappa shape index (κ2) is 38.9. The van der Waals surface area contributed by atoms with Gasteiger partial charge in [0.1, 0.15) is 44.5 Å². The summed E-state index contributed by atoms with van der Waals surface area (Å²) in [5.41, 5.74) is 5.83. The molecule has 2 aliphatic heterocycles. The molecule has 0 radical (unpaired) electrons. The fraction of sp³-hybridized carbons (Fsp3) is 0.596. The first kappa shape index (κ1) is 66.9. The summed E-state index contributed by atoms with van der Waals surface area (Å²) in [7, 11) is -4.89. The summed E-state index contributed by atoms with van der Waals surface area (Å²) in [5, 5.41) is 4.97. The van der Waals surface area contributed by atoms with E-state index in [9.17, 15) is 28.6 Å². The van der Waals surface area contributed by atoms with Crippen molar-refractivity contribution in [1.29, 1.82) is 0 Å². The van der Waals surface area contributed by atoms with Crippen LogP contribution >= 0.6 is 7.82 Å². The van der Waals surface area contributed by atoms with Crippen LogP contribution in [0.15, 0.2) is 65.7 Å². The Kier molecular flexibility index (Phi) is 33.0. The number of hydrogen-bond donors (Lipinski definition) is 2. The number of ether oxygens (including phenoxy) is 9. The second-order valence-corrected chi connectivity index (χ2v) is 20.5. The number of esters is 2. The van der Waals surface area contributed by atoms with Crippen LogP contribution in [0.3, 0.4) is 0 Å². The number of nitrogens with zero attached hydrogens (tertiary/aromatic N) is 1. The molecule has 2 N–H and O–H groups in total. The predicted octanol–water partition coefficient (Wildman–Crippen LogP) is 6.41. The Labute approximate surface area is 487 Å². The van der Waals surface area contributed by atoms with Gasteiger partial charge in [0.25, 0.3) is 14.1 Å². The van der Waals surface area contributed by atoms with Crippen molar-refractivity contribution >= 4 is 43.2 Å². The summed E-state index contributed by atoms with van der Waals surface area (Å²) < 4.78 is 71.4. The van der Waals surface area contributed by atoms with E-state index in [-0.39, 0.29) is 102 Å². The predicted molar refractivity (Wildman–Crippen MR) is 290 cm³/mol. The third-order valence-corrected chi connectivity index (χ3v) is 13.4. The number of phosphoric ester groups is 1. The van der Waals surface area contributed by atoms with Crippen molar-refractivity contribution in [3.8, 4) is 28.4 Å². The zero-order chi connectivity index (χ0) is 55.6. The number of aryl methyl sites for hydroxylation is 1. The Morgan fingerprint density at radius 3 is 2.00 bits per heavy atom. The van der Waals surface area contributed by atoms with Crippen molar-refractivity contribution in [2.24, 2.45) is 4.99 Å². The van der Waals surface area contributed by atoms with Gasteiger partial charge in [0.2, 0.25) is 5.91 Å². The van der Waals surface area contributed by atoms with Gasteiger partial charge in [0, 0.05) is 26.4 Å². The van der Waals surface area contributed by atoms with Crippen LogP contribution in [0.1, 0.15) is 128 Å². The number of benzene rings is 3. The largest absolute Gasteiger partial charge is 1.00 e. The molecular formula is C57H81N3NaO17P. The van der Waals surface area contributed by atoms with Crippen molar-refractivity contribution in [1.82, 2.24) is 10.6 Å². The average molecular weight is 1130 g/mol. The zero-order valence-corrected chi connectivity index (χ0v) is 49.7. The van der Waals surface area contributed by atoms with E-state index < -0.39 is 57.4 Å². The second-order valence-electron chi connectivity index (χ2n) is 19.1. The first-order valence-electron chi connectivity index (χ1n) is 27.6. The SMILES string of the molecule is CCCCCCCCCCCCCCCCCC(=O)OCC(COP(=O)([O-])OCCNC(=O)OCCOCC(=O)NCCOCCOCC1Oc2ccc(-c3ccc(C4=Nc5cc(C)ccc5OC4)cc3)cc2O1)OC(C)=O.[Na+]. The van der Waals surface area contributed by atoms with Gasteiger partial charge in [0.05, 0.1) is 45.4 Å². The molecule has 22 heteroatoms. The first-order valence-corrected chi connectivity index (χ1v) is 29.1. The molecule has 0 bridgehead atoms. The molecule has 0 aromatic heterocycles. The maximum Gasteiger partial charge on any atom is 1.00 e. The van der Waals surface area contributed by atoms with Gasteiger partial charge in [0.15, 0.2) is 17.6 Å². The average Bonchev–Trinajstić information content (AvgIpc) is 3.95. The summed E-state index contributed by atoms with van der Waals surface area (Å²) >= 11 is 0.